The minimum atomic E-state index is 0.0318. The summed E-state index contributed by atoms with van der Waals surface area (Å²) < 4.78 is 2.14. The summed E-state index contributed by atoms with van der Waals surface area (Å²) in [6.07, 6.45) is 8.76. The number of hydrogen-bond donors (Lipinski definition) is 1. The highest BCUT2D eigenvalue weighted by Gasteiger charge is 2.32. The number of hydrogen-bond acceptors (Lipinski definition) is 3. The van der Waals surface area contributed by atoms with Crippen LogP contribution >= 0.6 is 0 Å². The van der Waals surface area contributed by atoms with Gasteiger partial charge in [-0.3, -0.25) is 0 Å². The second-order valence-corrected chi connectivity index (χ2v) is 8.43. The Hall–Kier alpha value is -4.12. The van der Waals surface area contributed by atoms with E-state index in [1.165, 1.54) is 16.6 Å². The predicted octanol–water partition coefficient (Wildman–Crippen LogP) is 6.14. The Morgan fingerprint density at radius 2 is 1.76 bits per heavy atom. The highest BCUT2D eigenvalue weighted by Crippen LogP contribution is 2.42. The number of benzene rings is 3. The lowest BCUT2D eigenvalue weighted by atomic mass is 9.91. The minimum absolute atomic E-state index is 0.0318. The molecule has 162 valence electrons. The number of imidazole rings is 1. The zero-order valence-corrected chi connectivity index (χ0v) is 18.3. The number of nitrogens with one attached hydrogen (secondary N) is 1. The first-order valence-electron chi connectivity index (χ1n) is 11.4. The van der Waals surface area contributed by atoms with E-state index in [1.54, 1.807) is 0 Å². The topological polar surface area (TPSA) is 49.2 Å². The number of nitrogens with zero attached hydrogens (tertiary/aromatic N) is 4. The molecule has 1 N–H and O–H groups in total. The molecule has 1 atom stereocenters. The SMILES string of the molecule is c1ccc(C2=Nc3ccccc3N(CCCn3ccnc3)C2c2ccc3[nH]ccc3c2)cc1. The fourth-order valence-corrected chi connectivity index (χ4v) is 4.78. The maximum absolute atomic E-state index is 5.20. The van der Waals surface area contributed by atoms with Crippen LogP contribution in [0.5, 0.6) is 0 Å². The van der Waals surface area contributed by atoms with Gasteiger partial charge in [0, 0.05) is 37.2 Å². The van der Waals surface area contributed by atoms with E-state index in [4.69, 9.17) is 4.99 Å². The van der Waals surface area contributed by atoms with Crippen molar-refractivity contribution < 1.29 is 0 Å². The highest BCUT2D eigenvalue weighted by molar-refractivity contribution is 6.10. The molecule has 2 aromatic heterocycles. The maximum Gasteiger partial charge on any atom is 0.0973 e. The van der Waals surface area contributed by atoms with E-state index < -0.39 is 0 Å². The molecule has 0 saturated carbocycles. The third kappa shape index (κ3) is 3.72. The summed E-state index contributed by atoms with van der Waals surface area (Å²) in [5.41, 5.74) is 6.86. The first kappa shape index (κ1) is 19.6. The van der Waals surface area contributed by atoms with Crippen molar-refractivity contribution >= 4 is 28.0 Å². The molecule has 0 bridgehead atoms. The monoisotopic (exact) mass is 431 g/mol. The summed E-state index contributed by atoms with van der Waals surface area (Å²) >= 11 is 0. The minimum Gasteiger partial charge on any atom is -0.361 e. The molecule has 5 nitrogen and oxygen atoms in total. The zero-order chi connectivity index (χ0) is 22.0. The fourth-order valence-electron chi connectivity index (χ4n) is 4.78. The largest absolute Gasteiger partial charge is 0.361 e. The lowest BCUT2D eigenvalue weighted by molar-refractivity contribution is 0.609. The molecule has 3 aromatic carbocycles. The number of fused-ring (bicyclic) bond motifs is 2. The van der Waals surface area contributed by atoms with E-state index in [0.29, 0.717) is 0 Å². The molecule has 0 saturated heterocycles. The predicted molar refractivity (Wildman–Crippen MR) is 134 cm³/mol. The lowest BCUT2D eigenvalue weighted by Crippen LogP contribution is -2.38. The van der Waals surface area contributed by atoms with Gasteiger partial charge in [-0.15, -0.1) is 0 Å². The van der Waals surface area contributed by atoms with Gasteiger partial charge in [-0.2, -0.15) is 0 Å². The first-order valence-corrected chi connectivity index (χ1v) is 11.4. The van der Waals surface area contributed by atoms with Gasteiger partial charge < -0.3 is 14.5 Å². The molecule has 3 heterocycles. The second kappa shape index (κ2) is 8.43. The third-order valence-electron chi connectivity index (χ3n) is 6.34. The average Bonchev–Trinajstić information content (AvgIpc) is 3.56. The molecule has 33 heavy (non-hydrogen) atoms. The van der Waals surface area contributed by atoms with Crippen molar-refractivity contribution in [3.8, 4) is 0 Å². The molecule has 1 aliphatic heterocycles. The number of H-pyrrole nitrogens is 1. The molecular formula is C28H25N5. The van der Waals surface area contributed by atoms with Crippen LogP contribution in [0.2, 0.25) is 0 Å². The van der Waals surface area contributed by atoms with Crippen LogP contribution in [0.15, 0.2) is 109 Å². The third-order valence-corrected chi connectivity index (χ3v) is 6.34. The van der Waals surface area contributed by atoms with Crippen LogP contribution < -0.4 is 4.90 Å². The molecule has 0 amide bonds. The van der Waals surface area contributed by atoms with Crippen molar-refractivity contribution in [2.45, 2.75) is 19.0 Å². The molecule has 1 unspecified atom stereocenters. The van der Waals surface area contributed by atoms with Crippen LogP contribution in [-0.2, 0) is 6.54 Å². The molecule has 1 aliphatic rings. The number of aryl methyl sites for hydroxylation is 1. The Kier molecular flexibility index (Phi) is 5.00. The summed E-state index contributed by atoms with van der Waals surface area (Å²) in [6.45, 7) is 1.84. The van der Waals surface area contributed by atoms with E-state index in [-0.39, 0.29) is 6.04 Å². The van der Waals surface area contributed by atoms with Crippen LogP contribution in [-0.4, -0.2) is 26.8 Å². The van der Waals surface area contributed by atoms with Crippen LogP contribution in [0, 0.1) is 0 Å². The Morgan fingerprint density at radius 3 is 2.64 bits per heavy atom. The van der Waals surface area contributed by atoms with Crippen molar-refractivity contribution in [2.24, 2.45) is 4.99 Å². The molecule has 6 rings (SSSR count). The van der Waals surface area contributed by atoms with E-state index in [9.17, 15) is 0 Å². The van der Waals surface area contributed by atoms with Crippen LogP contribution in [0.3, 0.4) is 0 Å². The summed E-state index contributed by atoms with van der Waals surface area (Å²) in [4.78, 5) is 15.2. The van der Waals surface area contributed by atoms with Crippen molar-refractivity contribution in [2.75, 3.05) is 11.4 Å². The van der Waals surface area contributed by atoms with Gasteiger partial charge in [-0.05, 0) is 53.3 Å². The van der Waals surface area contributed by atoms with Crippen molar-refractivity contribution in [3.63, 3.8) is 0 Å². The number of aromatic amines is 1. The summed E-state index contributed by atoms with van der Waals surface area (Å²) in [5.74, 6) is 0. The standard InChI is InChI=1S/C28H25N5/c1-2-7-21(8-3-1)27-28(23-11-12-24-22(19-23)13-14-30-24)33(17-6-16-32-18-15-29-20-32)26-10-5-4-9-25(26)31-27/h1-5,7-15,18-20,28,30H,6,16-17H2. The van der Waals surface area contributed by atoms with Gasteiger partial charge in [0.1, 0.15) is 0 Å². The van der Waals surface area contributed by atoms with Gasteiger partial charge in [-0.25, -0.2) is 9.98 Å². The summed E-state index contributed by atoms with van der Waals surface area (Å²) in [7, 11) is 0. The van der Waals surface area contributed by atoms with Gasteiger partial charge in [-0.1, -0.05) is 48.5 Å². The Morgan fingerprint density at radius 1 is 0.879 bits per heavy atom. The second-order valence-electron chi connectivity index (χ2n) is 8.43. The highest BCUT2D eigenvalue weighted by atomic mass is 15.2. The fraction of sp³-hybridized carbons (Fsp3) is 0.143. The van der Waals surface area contributed by atoms with Crippen molar-refractivity contribution in [3.05, 3.63) is 115 Å². The number of rotatable bonds is 6. The van der Waals surface area contributed by atoms with E-state index in [0.717, 1.165) is 42.0 Å². The molecule has 0 spiro atoms. The quantitative estimate of drug-likeness (QED) is 0.351. The van der Waals surface area contributed by atoms with Gasteiger partial charge >= 0.3 is 0 Å². The van der Waals surface area contributed by atoms with Crippen molar-refractivity contribution in [1.82, 2.24) is 14.5 Å². The van der Waals surface area contributed by atoms with Crippen LogP contribution in [0.25, 0.3) is 10.9 Å². The number of aliphatic imine (C=N–C) groups is 1. The maximum atomic E-state index is 5.20. The van der Waals surface area contributed by atoms with Gasteiger partial charge in [0.25, 0.3) is 0 Å². The van der Waals surface area contributed by atoms with Gasteiger partial charge in [0.15, 0.2) is 0 Å². The molecule has 0 radical (unpaired) electrons. The number of aromatic nitrogens is 3. The lowest BCUT2D eigenvalue weighted by Gasteiger charge is -2.39. The number of anilines is 1. The summed E-state index contributed by atoms with van der Waals surface area (Å²) in [5, 5.41) is 1.22. The normalized spacial score (nSPS) is 15.5. The molecule has 5 heteroatoms. The molecular weight excluding hydrogens is 406 g/mol. The smallest absolute Gasteiger partial charge is 0.0973 e. The Labute approximate surface area is 193 Å². The zero-order valence-electron chi connectivity index (χ0n) is 18.3. The average molecular weight is 432 g/mol. The molecule has 5 aromatic rings. The van der Waals surface area contributed by atoms with Crippen molar-refractivity contribution in [1.29, 1.82) is 0 Å². The van der Waals surface area contributed by atoms with Gasteiger partial charge in [0.2, 0.25) is 0 Å². The van der Waals surface area contributed by atoms with E-state index in [1.807, 2.05) is 24.9 Å². The first-order chi connectivity index (χ1) is 16.4. The van der Waals surface area contributed by atoms with Gasteiger partial charge in [0.05, 0.1) is 29.5 Å². The molecule has 0 aliphatic carbocycles. The van der Waals surface area contributed by atoms with E-state index in [2.05, 4.69) is 98.3 Å². The van der Waals surface area contributed by atoms with Crippen LogP contribution in [0.4, 0.5) is 11.4 Å². The Bertz CT molecular complexity index is 1400. The molecule has 0 fully saturated rings. The van der Waals surface area contributed by atoms with E-state index >= 15 is 0 Å². The number of para-hydroxylation sites is 2. The Balaban J connectivity index is 1.46. The summed E-state index contributed by atoms with van der Waals surface area (Å²) in [6, 6.07) is 27.9. The van der Waals surface area contributed by atoms with Crippen LogP contribution in [0.1, 0.15) is 23.6 Å².